The molecule has 2 aliphatic rings. The van der Waals surface area contributed by atoms with Gasteiger partial charge in [-0.05, 0) is 69.8 Å². The summed E-state index contributed by atoms with van der Waals surface area (Å²) in [6.45, 7) is 4.29. The first-order chi connectivity index (χ1) is 14.0. The zero-order chi connectivity index (χ0) is 20.4. The van der Waals surface area contributed by atoms with E-state index >= 15 is 0 Å². The molecule has 5 heteroatoms. The monoisotopic (exact) mass is 622 g/mol. The standard InChI is InChI=1S/C25H33NO3.Ac/c1-16(7-6-10-18-8-4-3-5-9-18)29-20-14-23-25(24(28)15-20)22-13-19(27)11-12-21(22)17(2)26-23;/h3-5,8-9,14-17,19,21-22,26-28H,6-7,10-13H2,1-2H3;. The van der Waals surface area contributed by atoms with Crippen molar-refractivity contribution in [1.82, 2.24) is 0 Å². The van der Waals surface area contributed by atoms with Crippen LogP contribution in [0.1, 0.15) is 63.0 Å². The Bertz CT molecular complexity index is 829. The summed E-state index contributed by atoms with van der Waals surface area (Å²) in [5.74, 6) is 1.67. The van der Waals surface area contributed by atoms with E-state index in [1.54, 1.807) is 6.07 Å². The predicted octanol–water partition coefficient (Wildman–Crippen LogP) is 5.24. The molecular weight excluding hydrogens is 589 g/mol. The molecule has 1 radical (unpaired) electrons. The fourth-order valence-corrected chi connectivity index (χ4v) is 5.17. The number of hydrogen-bond donors (Lipinski definition) is 3. The predicted molar refractivity (Wildman–Crippen MR) is 117 cm³/mol. The number of rotatable bonds is 6. The van der Waals surface area contributed by atoms with Crippen molar-refractivity contribution < 1.29 is 59.0 Å². The van der Waals surface area contributed by atoms with Gasteiger partial charge in [0.1, 0.15) is 11.5 Å². The van der Waals surface area contributed by atoms with Gasteiger partial charge in [-0.3, -0.25) is 0 Å². The number of aliphatic hydroxyl groups excluding tert-OH is 1. The Labute approximate surface area is 216 Å². The smallest absolute Gasteiger partial charge is 0.125 e. The van der Waals surface area contributed by atoms with E-state index in [-0.39, 0.29) is 67.9 Å². The summed E-state index contributed by atoms with van der Waals surface area (Å²) < 4.78 is 6.14. The van der Waals surface area contributed by atoms with Crippen LogP contribution in [0.15, 0.2) is 42.5 Å². The van der Waals surface area contributed by atoms with E-state index in [0.29, 0.717) is 17.7 Å². The Morgan fingerprint density at radius 3 is 2.70 bits per heavy atom. The van der Waals surface area contributed by atoms with Crippen LogP contribution in [-0.4, -0.2) is 28.5 Å². The van der Waals surface area contributed by atoms with Crippen molar-refractivity contribution in [2.24, 2.45) is 5.92 Å². The molecule has 1 saturated carbocycles. The van der Waals surface area contributed by atoms with E-state index in [1.165, 1.54) is 5.56 Å². The Kier molecular flexibility index (Phi) is 8.53. The molecule has 5 unspecified atom stereocenters. The molecular formula is C25H33AcNO3. The Morgan fingerprint density at radius 2 is 1.93 bits per heavy atom. The van der Waals surface area contributed by atoms with Gasteiger partial charge < -0.3 is 20.3 Å². The van der Waals surface area contributed by atoms with Gasteiger partial charge >= 0.3 is 0 Å². The van der Waals surface area contributed by atoms with Gasteiger partial charge in [-0.25, -0.2) is 0 Å². The van der Waals surface area contributed by atoms with Gasteiger partial charge in [-0.15, -0.1) is 0 Å². The maximum Gasteiger partial charge on any atom is 0.125 e. The number of benzene rings is 2. The molecule has 2 aromatic rings. The summed E-state index contributed by atoms with van der Waals surface area (Å²) in [5.41, 5.74) is 3.27. The molecule has 5 atom stereocenters. The third-order valence-corrected chi connectivity index (χ3v) is 6.66. The molecule has 0 saturated heterocycles. The van der Waals surface area contributed by atoms with Crippen molar-refractivity contribution in [2.75, 3.05) is 5.32 Å². The molecule has 2 aromatic carbocycles. The van der Waals surface area contributed by atoms with E-state index in [2.05, 4.69) is 43.4 Å². The maximum absolute atomic E-state index is 10.8. The summed E-state index contributed by atoms with van der Waals surface area (Å²) in [6, 6.07) is 14.6. The molecule has 0 aromatic heterocycles. The van der Waals surface area contributed by atoms with Crippen LogP contribution in [0.25, 0.3) is 0 Å². The van der Waals surface area contributed by atoms with Crippen LogP contribution in [0.2, 0.25) is 0 Å². The number of nitrogens with one attached hydrogen (secondary N) is 1. The minimum Gasteiger partial charge on any atom is -0.507 e. The number of phenols is 1. The van der Waals surface area contributed by atoms with Gasteiger partial charge in [0.2, 0.25) is 0 Å². The van der Waals surface area contributed by atoms with Gasteiger partial charge in [-0.1, -0.05) is 30.3 Å². The van der Waals surface area contributed by atoms with Crippen molar-refractivity contribution in [3.05, 3.63) is 53.6 Å². The van der Waals surface area contributed by atoms with Gasteiger partial charge in [0.25, 0.3) is 0 Å². The van der Waals surface area contributed by atoms with Crippen LogP contribution in [0.3, 0.4) is 0 Å². The second-order valence-corrected chi connectivity index (χ2v) is 8.88. The molecule has 0 spiro atoms. The molecule has 1 heterocycles. The SMILES string of the molecule is CC(CCCc1ccccc1)Oc1cc(O)c2c(c1)NC(C)C1CCC(O)CC21.[Ac]. The molecule has 0 bridgehead atoms. The van der Waals surface area contributed by atoms with E-state index in [1.807, 2.05) is 12.1 Å². The Balaban J connectivity index is 0.00000256. The molecule has 4 rings (SSSR count). The molecule has 4 nitrogen and oxygen atoms in total. The van der Waals surface area contributed by atoms with Crippen LogP contribution in [-0.2, 0) is 6.42 Å². The van der Waals surface area contributed by atoms with E-state index in [4.69, 9.17) is 4.74 Å². The number of phenolic OH excluding ortho intramolecular Hbond substituents is 1. The Morgan fingerprint density at radius 1 is 1.17 bits per heavy atom. The number of anilines is 1. The zero-order valence-corrected chi connectivity index (χ0v) is 22.8. The summed E-state index contributed by atoms with van der Waals surface area (Å²) >= 11 is 0. The van der Waals surface area contributed by atoms with Crippen molar-refractivity contribution in [3.8, 4) is 11.5 Å². The first kappa shape index (κ1) is 23.9. The minimum absolute atomic E-state index is 0. The molecule has 30 heavy (non-hydrogen) atoms. The van der Waals surface area contributed by atoms with Crippen LogP contribution >= 0.6 is 0 Å². The number of aromatic hydroxyl groups is 1. The largest absolute Gasteiger partial charge is 0.507 e. The van der Waals surface area contributed by atoms with Crippen LogP contribution in [0.4, 0.5) is 5.69 Å². The second kappa shape index (κ2) is 10.7. The van der Waals surface area contributed by atoms with Crippen molar-refractivity contribution >= 4 is 5.69 Å². The van der Waals surface area contributed by atoms with Gasteiger partial charge in [-0.2, -0.15) is 0 Å². The first-order valence-corrected chi connectivity index (χ1v) is 11.0. The van der Waals surface area contributed by atoms with E-state index in [0.717, 1.165) is 49.8 Å². The number of aliphatic hydroxyl groups is 1. The van der Waals surface area contributed by atoms with Crippen LogP contribution in [0, 0.1) is 50.0 Å². The van der Waals surface area contributed by atoms with Crippen LogP contribution < -0.4 is 10.1 Å². The third-order valence-electron chi connectivity index (χ3n) is 6.66. The van der Waals surface area contributed by atoms with E-state index < -0.39 is 0 Å². The molecule has 1 aliphatic heterocycles. The maximum atomic E-state index is 10.8. The molecule has 0 amide bonds. The fourth-order valence-electron chi connectivity index (χ4n) is 5.17. The fraction of sp³-hybridized carbons (Fsp3) is 0.520. The molecule has 159 valence electrons. The zero-order valence-electron chi connectivity index (χ0n) is 18.1. The second-order valence-electron chi connectivity index (χ2n) is 8.88. The normalized spacial score (nSPS) is 25.8. The molecule has 1 fully saturated rings. The molecule has 3 N–H and O–H groups in total. The third kappa shape index (κ3) is 5.53. The number of hydrogen-bond acceptors (Lipinski definition) is 4. The number of ether oxygens (including phenoxy) is 1. The van der Waals surface area contributed by atoms with Crippen molar-refractivity contribution in [3.63, 3.8) is 0 Å². The number of aryl methyl sites for hydroxylation is 1. The number of fused-ring (bicyclic) bond motifs is 3. The summed E-state index contributed by atoms with van der Waals surface area (Å²) in [5, 5.41) is 24.5. The Hall–Kier alpha value is -0.758. The average Bonchev–Trinajstić information content (AvgIpc) is 2.68. The molecule has 1 aliphatic carbocycles. The average molecular weight is 623 g/mol. The topological polar surface area (TPSA) is 61.7 Å². The van der Waals surface area contributed by atoms with Gasteiger partial charge in [0.15, 0.2) is 0 Å². The van der Waals surface area contributed by atoms with E-state index in [9.17, 15) is 10.2 Å². The van der Waals surface area contributed by atoms with Crippen molar-refractivity contribution in [1.29, 1.82) is 0 Å². The summed E-state index contributed by atoms with van der Waals surface area (Å²) in [6.07, 6.45) is 5.48. The summed E-state index contributed by atoms with van der Waals surface area (Å²) in [4.78, 5) is 0. The summed E-state index contributed by atoms with van der Waals surface area (Å²) in [7, 11) is 0. The minimum atomic E-state index is -0.269. The van der Waals surface area contributed by atoms with Gasteiger partial charge in [0, 0.05) is 73.5 Å². The quantitative estimate of drug-likeness (QED) is 0.413. The van der Waals surface area contributed by atoms with Crippen molar-refractivity contribution in [2.45, 2.75) is 76.5 Å². The van der Waals surface area contributed by atoms with Gasteiger partial charge in [0.05, 0.1) is 12.2 Å². The van der Waals surface area contributed by atoms with Crippen LogP contribution in [0.5, 0.6) is 11.5 Å². The first-order valence-electron chi connectivity index (χ1n) is 11.0.